The topological polar surface area (TPSA) is 63.9 Å². The van der Waals surface area contributed by atoms with Crippen LogP contribution in [0.1, 0.15) is 37.8 Å². The number of carbonyl (C=O) groups is 1. The van der Waals surface area contributed by atoms with Gasteiger partial charge < -0.3 is 4.90 Å². The maximum absolute atomic E-state index is 12.6. The van der Waals surface area contributed by atoms with Crippen molar-refractivity contribution < 1.29 is 4.79 Å². The van der Waals surface area contributed by atoms with Crippen molar-refractivity contribution in [3.05, 3.63) is 29.3 Å². The number of rotatable bonds is 7. The second-order valence-electron chi connectivity index (χ2n) is 7.10. The Hall–Kier alpha value is -1.89. The maximum Gasteiger partial charge on any atom is 0.233 e. The van der Waals surface area contributed by atoms with Crippen LogP contribution in [0.4, 0.5) is 0 Å². The van der Waals surface area contributed by atoms with E-state index in [4.69, 9.17) is 0 Å². The molecule has 0 unspecified atom stereocenters. The van der Waals surface area contributed by atoms with Crippen molar-refractivity contribution in [3.8, 4) is 5.69 Å². The van der Waals surface area contributed by atoms with E-state index >= 15 is 0 Å². The number of hydrogen-bond acceptors (Lipinski definition) is 5. The van der Waals surface area contributed by atoms with Crippen LogP contribution in [0, 0.1) is 19.8 Å². The molecule has 25 heavy (non-hydrogen) atoms. The SMILES string of the molecule is Cc1ccc(-n2nnnc2SCC(=O)N(CC(C)C)C2CC2)cc1C. The van der Waals surface area contributed by atoms with E-state index < -0.39 is 0 Å². The van der Waals surface area contributed by atoms with Crippen LogP contribution in [0.5, 0.6) is 0 Å². The van der Waals surface area contributed by atoms with Crippen LogP contribution < -0.4 is 0 Å². The first-order valence-electron chi connectivity index (χ1n) is 8.74. The van der Waals surface area contributed by atoms with Gasteiger partial charge >= 0.3 is 0 Å². The van der Waals surface area contributed by atoms with Gasteiger partial charge in [-0.05, 0) is 66.3 Å². The summed E-state index contributed by atoms with van der Waals surface area (Å²) >= 11 is 1.40. The second kappa shape index (κ2) is 7.56. The number of carbonyl (C=O) groups excluding carboxylic acids is 1. The first-order valence-corrected chi connectivity index (χ1v) is 9.72. The Morgan fingerprint density at radius 2 is 2.08 bits per heavy atom. The minimum absolute atomic E-state index is 0.177. The fourth-order valence-electron chi connectivity index (χ4n) is 2.73. The molecule has 1 aliphatic carbocycles. The molecule has 7 heteroatoms. The van der Waals surface area contributed by atoms with Gasteiger partial charge in [0, 0.05) is 12.6 Å². The van der Waals surface area contributed by atoms with E-state index in [0.717, 1.165) is 25.1 Å². The number of thioether (sulfide) groups is 1. The number of aryl methyl sites for hydroxylation is 2. The highest BCUT2D eigenvalue weighted by molar-refractivity contribution is 7.99. The van der Waals surface area contributed by atoms with Crippen LogP contribution in [0.15, 0.2) is 23.4 Å². The van der Waals surface area contributed by atoms with E-state index in [9.17, 15) is 4.79 Å². The third-order valence-corrected chi connectivity index (χ3v) is 5.27. The van der Waals surface area contributed by atoms with Crippen molar-refractivity contribution in [2.45, 2.75) is 51.7 Å². The van der Waals surface area contributed by atoms with Gasteiger partial charge in [0.1, 0.15) is 0 Å². The van der Waals surface area contributed by atoms with Crippen LogP contribution in [0.3, 0.4) is 0 Å². The van der Waals surface area contributed by atoms with Gasteiger partial charge in [0.2, 0.25) is 11.1 Å². The lowest BCUT2D eigenvalue weighted by molar-refractivity contribution is -0.129. The Balaban J connectivity index is 1.68. The molecule has 0 spiro atoms. The van der Waals surface area contributed by atoms with E-state index in [1.54, 1.807) is 4.68 Å². The quantitative estimate of drug-likeness (QED) is 0.711. The first-order chi connectivity index (χ1) is 12.0. The summed E-state index contributed by atoms with van der Waals surface area (Å²) in [5, 5.41) is 12.6. The van der Waals surface area contributed by atoms with Crippen molar-refractivity contribution in [2.24, 2.45) is 5.92 Å². The van der Waals surface area contributed by atoms with Crippen LogP contribution in [-0.4, -0.2) is 49.4 Å². The maximum atomic E-state index is 12.6. The number of amides is 1. The summed E-state index contributed by atoms with van der Waals surface area (Å²) in [4.78, 5) is 14.7. The molecule has 6 nitrogen and oxygen atoms in total. The lowest BCUT2D eigenvalue weighted by atomic mass is 10.1. The highest BCUT2D eigenvalue weighted by Crippen LogP contribution is 2.29. The van der Waals surface area contributed by atoms with E-state index in [-0.39, 0.29) is 5.91 Å². The summed E-state index contributed by atoms with van der Waals surface area (Å²) in [6, 6.07) is 6.56. The first kappa shape index (κ1) is 17.9. The van der Waals surface area contributed by atoms with Gasteiger partial charge in [0.05, 0.1) is 11.4 Å². The number of benzene rings is 1. The van der Waals surface area contributed by atoms with Gasteiger partial charge in [-0.2, -0.15) is 4.68 Å². The van der Waals surface area contributed by atoms with Crippen molar-refractivity contribution in [2.75, 3.05) is 12.3 Å². The average Bonchev–Trinajstić information content (AvgIpc) is 3.30. The number of hydrogen-bond donors (Lipinski definition) is 0. The van der Waals surface area contributed by atoms with E-state index in [0.29, 0.717) is 22.9 Å². The molecular weight excluding hydrogens is 334 g/mol. The monoisotopic (exact) mass is 359 g/mol. The molecule has 2 aromatic rings. The van der Waals surface area contributed by atoms with Gasteiger partial charge in [-0.1, -0.05) is 31.7 Å². The Kier molecular flexibility index (Phi) is 5.42. The van der Waals surface area contributed by atoms with Crippen molar-refractivity contribution in [3.63, 3.8) is 0 Å². The summed E-state index contributed by atoms with van der Waals surface area (Å²) in [5.41, 5.74) is 3.34. The lowest BCUT2D eigenvalue weighted by Crippen LogP contribution is -2.37. The predicted molar refractivity (Wildman–Crippen MR) is 98.9 cm³/mol. The highest BCUT2D eigenvalue weighted by Gasteiger charge is 2.32. The average molecular weight is 359 g/mol. The molecule has 3 rings (SSSR count). The van der Waals surface area contributed by atoms with E-state index in [1.807, 2.05) is 11.0 Å². The van der Waals surface area contributed by atoms with Gasteiger partial charge in [0.25, 0.3) is 0 Å². The third-order valence-electron chi connectivity index (χ3n) is 4.37. The zero-order valence-corrected chi connectivity index (χ0v) is 16.1. The number of aromatic nitrogens is 4. The van der Waals surface area contributed by atoms with E-state index in [1.165, 1.54) is 22.9 Å². The zero-order chi connectivity index (χ0) is 18.0. The molecule has 1 amide bonds. The van der Waals surface area contributed by atoms with Crippen molar-refractivity contribution in [1.29, 1.82) is 0 Å². The van der Waals surface area contributed by atoms with Gasteiger partial charge in [-0.25, -0.2) is 0 Å². The zero-order valence-electron chi connectivity index (χ0n) is 15.3. The Morgan fingerprint density at radius 3 is 2.72 bits per heavy atom. The number of nitrogens with zero attached hydrogens (tertiary/aromatic N) is 5. The van der Waals surface area contributed by atoms with Crippen LogP contribution >= 0.6 is 11.8 Å². The number of tetrazole rings is 1. The molecule has 1 saturated carbocycles. The molecular formula is C18H25N5OS. The molecule has 0 radical (unpaired) electrons. The molecule has 0 aliphatic heterocycles. The Morgan fingerprint density at radius 1 is 1.32 bits per heavy atom. The lowest BCUT2D eigenvalue weighted by Gasteiger charge is -2.24. The van der Waals surface area contributed by atoms with Gasteiger partial charge in [0.15, 0.2) is 0 Å². The third kappa shape index (κ3) is 4.39. The van der Waals surface area contributed by atoms with Crippen molar-refractivity contribution >= 4 is 17.7 Å². The predicted octanol–water partition coefficient (Wildman–Crippen LogP) is 3.02. The summed E-state index contributed by atoms with van der Waals surface area (Å²) in [6.45, 7) is 9.27. The van der Waals surface area contributed by atoms with Crippen LogP contribution in [0.25, 0.3) is 5.69 Å². The fraction of sp³-hybridized carbons (Fsp3) is 0.556. The standard InChI is InChI=1S/C18H25N5OS/c1-12(2)10-22(15-7-8-15)17(24)11-25-18-19-20-21-23(18)16-6-5-13(3)14(4)9-16/h5-6,9,12,15H,7-8,10-11H2,1-4H3. The van der Waals surface area contributed by atoms with Gasteiger partial charge in [-0.15, -0.1) is 5.10 Å². The smallest absolute Gasteiger partial charge is 0.233 e. The molecule has 134 valence electrons. The highest BCUT2D eigenvalue weighted by atomic mass is 32.2. The van der Waals surface area contributed by atoms with Crippen LogP contribution in [-0.2, 0) is 4.79 Å². The van der Waals surface area contributed by atoms with Crippen LogP contribution in [0.2, 0.25) is 0 Å². The summed E-state index contributed by atoms with van der Waals surface area (Å²) < 4.78 is 1.70. The normalized spacial score (nSPS) is 14.1. The Labute approximate surface area is 153 Å². The summed E-state index contributed by atoms with van der Waals surface area (Å²) in [6.07, 6.45) is 2.26. The molecule has 1 heterocycles. The largest absolute Gasteiger partial charge is 0.339 e. The summed E-state index contributed by atoms with van der Waals surface area (Å²) in [5.74, 6) is 1.03. The van der Waals surface area contributed by atoms with E-state index in [2.05, 4.69) is 55.4 Å². The molecule has 1 fully saturated rings. The fourth-order valence-corrected chi connectivity index (χ4v) is 3.51. The molecule has 1 aliphatic rings. The molecule has 0 N–H and O–H groups in total. The molecule has 1 aromatic heterocycles. The minimum atomic E-state index is 0.177. The Bertz CT molecular complexity index is 754. The van der Waals surface area contributed by atoms with Crippen molar-refractivity contribution in [1.82, 2.24) is 25.1 Å². The molecule has 0 atom stereocenters. The minimum Gasteiger partial charge on any atom is -0.339 e. The molecule has 0 bridgehead atoms. The summed E-state index contributed by atoms with van der Waals surface area (Å²) in [7, 11) is 0. The second-order valence-corrected chi connectivity index (χ2v) is 8.04. The van der Waals surface area contributed by atoms with Gasteiger partial charge in [-0.3, -0.25) is 4.79 Å². The molecule has 1 aromatic carbocycles. The molecule has 0 saturated heterocycles.